The molecule has 0 aliphatic carbocycles. The SMILES string of the molecule is O=c1[nH]c2cc(Br)c(C(O)c3ccc([N+](=O)[O-])o3)cc2[nH]1. The summed E-state index contributed by atoms with van der Waals surface area (Å²) in [6.07, 6.45) is -1.20. The van der Waals surface area contributed by atoms with Crippen molar-refractivity contribution in [2.24, 2.45) is 0 Å². The number of nitrogens with one attached hydrogen (secondary N) is 2. The summed E-state index contributed by atoms with van der Waals surface area (Å²) in [4.78, 5) is 26.3. The minimum atomic E-state index is -1.20. The van der Waals surface area contributed by atoms with Gasteiger partial charge in [0, 0.05) is 10.0 Å². The largest absolute Gasteiger partial charge is 0.433 e. The summed E-state index contributed by atoms with van der Waals surface area (Å²) in [6.45, 7) is 0. The van der Waals surface area contributed by atoms with Crippen LogP contribution in [0, 0.1) is 10.1 Å². The third-order valence-electron chi connectivity index (χ3n) is 2.99. The zero-order valence-electron chi connectivity index (χ0n) is 10.3. The first-order chi connectivity index (χ1) is 9.95. The number of aliphatic hydroxyl groups is 1. The third-order valence-corrected chi connectivity index (χ3v) is 3.68. The second kappa shape index (κ2) is 4.86. The Hall–Kier alpha value is -2.39. The van der Waals surface area contributed by atoms with Crippen molar-refractivity contribution >= 4 is 32.8 Å². The lowest BCUT2D eigenvalue weighted by molar-refractivity contribution is -0.402. The van der Waals surface area contributed by atoms with Crippen LogP contribution in [0.2, 0.25) is 0 Å². The van der Waals surface area contributed by atoms with Crippen LogP contribution in [0.3, 0.4) is 0 Å². The maximum Gasteiger partial charge on any atom is 0.433 e. The minimum absolute atomic E-state index is 0.0413. The quantitative estimate of drug-likeness (QED) is 0.491. The number of fused-ring (bicyclic) bond motifs is 1. The Morgan fingerprint density at radius 3 is 2.57 bits per heavy atom. The summed E-state index contributed by atoms with van der Waals surface area (Å²) in [5, 5.41) is 20.9. The van der Waals surface area contributed by atoms with E-state index in [2.05, 4.69) is 25.9 Å². The molecule has 3 aromatic rings. The molecule has 0 spiro atoms. The summed E-state index contributed by atoms with van der Waals surface area (Å²) in [5.74, 6) is -0.407. The number of aromatic nitrogens is 2. The van der Waals surface area contributed by atoms with E-state index in [0.29, 0.717) is 21.1 Å². The Labute approximate surface area is 124 Å². The van der Waals surface area contributed by atoms with Gasteiger partial charge in [0.2, 0.25) is 0 Å². The van der Waals surface area contributed by atoms with Gasteiger partial charge in [-0.2, -0.15) is 0 Å². The van der Waals surface area contributed by atoms with Gasteiger partial charge in [-0.1, -0.05) is 15.9 Å². The molecule has 2 aromatic heterocycles. The van der Waals surface area contributed by atoms with Crippen molar-refractivity contribution in [3.8, 4) is 0 Å². The number of aliphatic hydroxyl groups excluding tert-OH is 1. The molecule has 3 rings (SSSR count). The van der Waals surface area contributed by atoms with Gasteiger partial charge in [-0.3, -0.25) is 10.1 Å². The molecule has 3 N–H and O–H groups in total. The first-order valence-corrected chi connectivity index (χ1v) is 6.58. The first-order valence-electron chi connectivity index (χ1n) is 5.79. The van der Waals surface area contributed by atoms with Gasteiger partial charge in [-0.25, -0.2) is 4.79 Å². The van der Waals surface area contributed by atoms with Crippen molar-refractivity contribution < 1.29 is 14.4 Å². The number of H-pyrrole nitrogens is 2. The molecular formula is C12H8BrN3O5. The van der Waals surface area contributed by atoms with Crippen LogP contribution < -0.4 is 5.69 Å². The monoisotopic (exact) mass is 353 g/mol. The standard InChI is InChI=1S/C12H8BrN3O5/c13-6-4-8-7(14-12(18)15-8)3-5(6)11(17)9-1-2-10(21-9)16(19)20/h1-4,11,17H,(H2,14,15,18). The number of benzene rings is 1. The van der Waals surface area contributed by atoms with E-state index < -0.39 is 16.9 Å². The molecule has 0 fully saturated rings. The van der Waals surface area contributed by atoms with Gasteiger partial charge in [0.25, 0.3) is 0 Å². The minimum Gasteiger partial charge on any atom is -0.403 e. The van der Waals surface area contributed by atoms with Gasteiger partial charge in [-0.05, 0) is 18.2 Å². The maximum absolute atomic E-state index is 11.2. The molecule has 1 aromatic carbocycles. The number of hydrogen-bond acceptors (Lipinski definition) is 5. The van der Waals surface area contributed by atoms with E-state index in [1.807, 2.05) is 0 Å². The first kappa shape index (κ1) is 13.6. The summed E-state index contributed by atoms with van der Waals surface area (Å²) >= 11 is 3.29. The van der Waals surface area contributed by atoms with Gasteiger partial charge in [0.1, 0.15) is 16.8 Å². The Kier molecular flexibility index (Phi) is 3.15. The van der Waals surface area contributed by atoms with E-state index >= 15 is 0 Å². The number of halogens is 1. The molecule has 108 valence electrons. The van der Waals surface area contributed by atoms with E-state index in [9.17, 15) is 20.0 Å². The van der Waals surface area contributed by atoms with Crippen molar-refractivity contribution in [3.63, 3.8) is 0 Å². The highest BCUT2D eigenvalue weighted by Crippen LogP contribution is 2.33. The molecule has 8 nitrogen and oxygen atoms in total. The normalized spacial score (nSPS) is 12.7. The molecule has 0 aliphatic heterocycles. The molecule has 0 aliphatic rings. The van der Waals surface area contributed by atoms with Gasteiger partial charge >= 0.3 is 11.6 Å². The smallest absolute Gasteiger partial charge is 0.403 e. The topological polar surface area (TPSA) is 125 Å². The summed E-state index contributed by atoms with van der Waals surface area (Å²) < 4.78 is 5.52. The van der Waals surface area contributed by atoms with Gasteiger partial charge in [0.05, 0.1) is 17.1 Å². The molecule has 0 radical (unpaired) electrons. The fraction of sp³-hybridized carbons (Fsp3) is 0.0833. The lowest BCUT2D eigenvalue weighted by Crippen LogP contribution is -2.00. The second-order valence-electron chi connectivity index (χ2n) is 4.33. The van der Waals surface area contributed by atoms with Gasteiger partial charge in [-0.15, -0.1) is 0 Å². The van der Waals surface area contributed by atoms with E-state index in [-0.39, 0.29) is 11.4 Å². The number of nitrogens with zero attached hydrogens (tertiary/aromatic N) is 1. The molecule has 9 heteroatoms. The van der Waals surface area contributed by atoms with Crippen LogP contribution in [0.1, 0.15) is 17.4 Å². The van der Waals surface area contributed by atoms with Gasteiger partial charge < -0.3 is 19.5 Å². The summed E-state index contributed by atoms with van der Waals surface area (Å²) in [7, 11) is 0. The number of hydrogen-bond donors (Lipinski definition) is 3. The highest BCUT2D eigenvalue weighted by atomic mass is 79.9. The summed E-state index contributed by atoms with van der Waals surface area (Å²) in [6, 6.07) is 5.70. The lowest BCUT2D eigenvalue weighted by Gasteiger charge is -2.10. The molecule has 0 saturated carbocycles. The summed E-state index contributed by atoms with van der Waals surface area (Å²) in [5.41, 5.74) is 1.14. The third kappa shape index (κ3) is 2.36. The molecule has 0 bridgehead atoms. The van der Waals surface area contributed by atoms with Crippen LogP contribution in [0.5, 0.6) is 0 Å². The molecular weight excluding hydrogens is 346 g/mol. The average molecular weight is 354 g/mol. The fourth-order valence-electron chi connectivity index (χ4n) is 2.02. The Morgan fingerprint density at radius 2 is 1.95 bits per heavy atom. The van der Waals surface area contributed by atoms with E-state index in [1.165, 1.54) is 12.1 Å². The van der Waals surface area contributed by atoms with Crippen LogP contribution in [0.15, 0.2) is 37.9 Å². The van der Waals surface area contributed by atoms with Crippen LogP contribution in [0.4, 0.5) is 5.88 Å². The van der Waals surface area contributed by atoms with Crippen LogP contribution in [-0.2, 0) is 0 Å². The Bertz CT molecular complexity index is 894. The second-order valence-corrected chi connectivity index (χ2v) is 5.19. The fourth-order valence-corrected chi connectivity index (χ4v) is 2.58. The highest BCUT2D eigenvalue weighted by molar-refractivity contribution is 9.10. The lowest BCUT2D eigenvalue weighted by atomic mass is 10.1. The van der Waals surface area contributed by atoms with Crippen molar-refractivity contribution in [3.05, 3.63) is 60.7 Å². The van der Waals surface area contributed by atoms with Crippen LogP contribution in [0.25, 0.3) is 11.0 Å². The zero-order valence-corrected chi connectivity index (χ0v) is 11.9. The maximum atomic E-state index is 11.2. The van der Waals surface area contributed by atoms with E-state index in [1.54, 1.807) is 12.1 Å². The van der Waals surface area contributed by atoms with Gasteiger partial charge in [0.15, 0.2) is 0 Å². The molecule has 0 saturated heterocycles. The number of nitro groups is 1. The number of furan rings is 1. The Balaban J connectivity index is 2.07. The predicted molar refractivity (Wildman–Crippen MR) is 76.0 cm³/mol. The van der Waals surface area contributed by atoms with Crippen LogP contribution >= 0.6 is 15.9 Å². The van der Waals surface area contributed by atoms with E-state index in [4.69, 9.17) is 4.42 Å². The van der Waals surface area contributed by atoms with Crippen molar-refractivity contribution in [1.82, 2.24) is 9.97 Å². The zero-order chi connectivity index (χ0) is 15.1. The van der Waals surface area contributed by atoms with Crippen LogP contribution in [-0.4, -0.2) is 20.0 Å². The number of rotatable bonds is 3. The molecule has 21 heavy (non-hydrogen) atoms. The molecule has 2 heterocycles. The van der Waals surface area contributed by atoms with Crippen molar-refractivity contribution in [1.29, 1.82) is 0 Å². The molecule has 0 amide bonds. The molecule has 1 unspecified atom stereocenters. The van der Waals surface area contributed by atoms with Crippen molar-refractivity contribution in [2.75, 3.05) is 0 Å². The highest BCUT2D eigenvalue weighted by Gasteiger charge is 2.22. The average Bonchev–Trinajstić information content (AvgIpc) is 3.02. The van der Waals surface area contributed by atoms with Crippen molar-refractivity contribution in [2.45, 2.75) is 6.10 Å². The van der Waals surface area contributed by atoms with E-state index in [0.717, 1.165) is 0 Å². The predicted octanol–water partition coefficient (Wildman–Crippen LogP) is 2.20. The number of imidazole rings is 1. The molecule has 1 atom stereocenters. The number of aromatic amines is 2. The Morgan fingerprint density at radius 1 is 1.29 bits per heavy atom.